The summed E-state index contributed by atoms with van der Waals surface area (Å²) in [5.41, 5.74) is 2.89. The lowest BCUT2D eigenvalue weighted by molar-refractivity contribution is 0.600. The molecule has 1 N–H and O–H groups in total. The first-order valence-corrected chi connectivity index (χ1v) is 7.64. The molecule has 1 atom stereocenters. The quantitative estimate of drug-likeness (QED) is 0.789. The van der Waals surface area contributed by atoms with Crippen molar-refractivity contribution in [1.82, 2.24) is 5.32 Å². The Labute approximate surface area is 132 Å². The molecule has 0 aliphatic rings. The highest BCUT2D eigenvalue weighted by Crippen LogP contribution is 2.32. The van der Waals surface area contributed by atoms with Gasteiger partial charge in [-0.2, -0.15) is 0 Å². The molecule has 4 heteroatoms. The van der Waals surface area contributed by atoms with Gasteiger partial charge in [0, 0.05) is 9.50 Å². The van der Waals surface area contributed by atoms with Crippen LogP contribution in [-0.2, 0) is 0 Å². The van der Waals surface area contributed by atoms with Crippen molar-refractivity contribution in [3.05, 3.63) is 68.4 Å². The van der Waals surface area contributed by atoms with Gasteiger partial charge in [0.15, 0.2) is 0 Å². The van der Waals surface area contributed by atoms with Gasteiger partial charge in [-0.25, -0.2) is 4.39 Å². The number of benzene rings is 2. The minimum absolute atomic E-state index is 0.124. The van der Waals surface area contributed by atoms with E-state index in [0.29, 0.717) is 5.02 Å². The van der Waals surface area contributed by atoms with Crippen LogP contribution in [0, 0.1) is 12.7 Å². The number of hydrogen-bond donors (Lipinski definition) is 1. The van der Waals surface area contributed by atoms with Crippen molar-refractivity contribution < 1.29 is 4.39 Å². The van der Waals surface area contributed by atoms with Crippen LogP contribution in [0.15, 0.2) is 40.9 Å². The van der Waals surface area contributed by atoms with E-state index in [-0.39, 0.29) is 11.9 Å². The molecule has 0 aliphatic carbocycles. The van der Waals surface area contributed by atoms with Gasteiger partial charge in [0.1, 0.15) is 5.82 Å². The van der Waals surface area contributed by atoms with Gasteiger partial charge in [0.2, 0.25) is 0 Å². The lowest BCUT2D eigenvalue weighted by Gasteiger charge is -2.22. The summed E-state index contributed by atoms with van der Waals surface area (Å²) in [6.07, 6.45) is 0. The van der Waals surface area contributed by atoms with Crippen molar-refractivity contribution in [2.24, 2.45) is 0 Å². The molecule has 0 aliphatic heterocycles. The summed E-state index contributed by atoms with van der Waals surface area (Å²) in [5, 5.41) is 4.05. The van der Waals surface area contributed by atoms with Crippen LogP contribution in [-0.4, -0.2) is 6.54 Å². The monoisotopic (exact) mass is 355 g/mol. The zero-order chi connectivity index (χ0) is 14.7. The van der Waals surface area contributed by atoms with E-state index in [1.807, 2.05) is 32.0 Å². The van der Waals surface area contributed by atoms with Crippen LogP contribution in [0.4, 0.5) is 4.39 Å². The van der Waals surface area contributed by atoms with Crippen LogP contribution < -0.4 is 5.32 Å². The molecule has 0 saturated carbocycles. The van der Waals surface area contributed by atoms with E-state index < -0.39 is 0 Å². The molecule has 2 rings (SSSR count). The average molecular weight is 357 g/mol. The van der Waals surface area contributed by atoms with Crippen molar-refractivity contribution in [3.63, 3.8) is 0 Å². The first-order valence-electron chi connectivity index (χ1n) is 6.47. The van der Waals surface area contributed by atoms with Gasteiger partial charge in [-0.15, -0.1) is 0 Å². The molecule has 0 saturated heterocycles. The summed E-state index contributed by atoms with van der Waals surface area (Å²) in [5.74, 6) is -0.236. The molecule has 1 unspecified atom stereocenters. The maximum atomic E-state index is 13.6. The Morgan fingerprint density at radius 2 is 1.95 bits per heavy atom. The third-order valence-corrected chi connectivity index (χ3v) is 4.07. The number of halogens is 3. The van der Waals surface area contributed by atoms with Gasteiger partial charge < -0.3 is 5.32 Å². The zero-order valence-electron chi connectivity index (χ0n) is 11.4. The lowest BCUT2D eigenvalue weighted by atomic mass is 9.94. The van der Waals surface area contributed by atoms with E-state index in [1.54, 1.807) is 12.1 Å². The van der Waals surface area contributed by atoms with Gasteiger partial charge in [0.25, 0.3) is 0 Å². The predicted molar refractivity (Wildman–Crippen MR) is 85.8 cm³/mol. The fourth-order valence-electron chi connectivity index (χ4n) is 2.25. The summed E-state index contributed by atoms with van der Waals surface area (Å²) < 4.78 is 14.5. The van der Waals surface area contributed by atoms with Crippen LogP contribution in [0.1, 0.15) is 29.7 Å². The summed E-state index contributed by atoms with van der Waals surface area (Å²) >= 11 is 9.77. The Balaban J connectivity index is 2.55. The van der Waals surface area contributed by atoms with Crippen LogP contribution in [0.5, 0.6) is 0 Å². The Hall–Kier alpha value is -0.900. The third-order valence-electron chi connectivity index (χ3n) is 3.23. The number of aryl methyl sites for hydroxylation is 1. The highest BCUT2D eigenvalue weighted by molar-refractivity contribution is 9.10. The van der Waals surface area contributed by atoms with Crippen molar-refractivity contribution in [3.8, 4) is 0 Å². The lowest BCUT2D eigenvalue weighted by Crippen LogP contribution is -2.23. The van der Waals surface area contributed by atoms with E-state index in [4.69, 9.17) is 11.6 Å². The van der Waals surface area contributed by atoms with Gasteiger partial charge in [-0.3, -0.25) is 0 Å². The molecule has 0 amide bonds. The van der Waals surface area contributed by atoms with Gasteiger partial charge in [-0.1, -0.05) is 40.5 Å². The average Bonchev–Trinajstić information content (AvgIpc) is 2.42. The minimum atomic E-state index is -0.236. The van der Waals surface area contributed by atoms with Crippen molar-refractivity contribution in [2.45, 2.75) is 19.9 Å². The molecular formula is C16H16BrClFN. The molecule has 0 bridgehead atoms. The van der Waals surface area contributed by atoms with E-state index in [2.05, 4.69) is 21.2 Å². The summed E-state index contributed by atoms with van der Waals surface area (Å²) in [6.45, 7) is 4.77. The van der Waals surface area contributed by atoms with Gasteiger partial charge in [-0.05, 0) is 60.5 Å². The first-order chi connectivity index (χ1) is 9.52. The maximum Gasteiger partial charge on any atom is 0.123 e. The molecule has 0 heterocycles. The van der Waals surface area contributed by atoms with E-state index in [0.717, 1.165) is 27.7 Å². The number of rotatable bonds is 4. The van der Waals surface area contributed by atoms with Crippen molar-refractivity contribution in [1.29, 1.82) is 0 Å². The maximum absolute atomic E-state index is 13.6. The van der Waals surface area contributed by atoms with Crippen LogP contribution in [0.3, 0.4) is 0 Å². The van der Waals surface area contributed by atoms with E-state index >= 15 is 0 Å². The zero-order valence-corrected chi connectivity index (χ0v) is 13.7. The molecule has 106 valence electrons. The van der Waals surface area contributed by atoms with E-state index in [1.165, 1.54) is 6.07 Å². The molecule has 20 heavy (non-hydrogen) atoms. The SMILES string of the molecule is CCNC(c1cc(F)ccc1C)c1cc(Br)ccc1Cl. The fourth-order valence-corrected chi connectivity index (χ4v) is 2.86. The standard InChI is InChI=1S/C16H16BrClFN/c1-3-20-16(13-9-12(19)6-4-10(13)2)14-8-11(17)5-7-15(14)18/h4-9,16,20H,3H2,1-2H3. The molecule has 0 spiro atoms. The Bertz CT molecular complexity index is 564. The highest BCUT2D eigenvalue weighted by Gasteiger charge is 2.18. The van der Waals surface area contributed by atoms with Crippen LogP contribution >= 0.6 is 27.5 Å². The topological polar surface area (TPSA) is 12.0 Å². The molecule has 1 nitrogen and oxygen atoms in total. The third kappa shape index (κ3) is 3.40. The normalized spacial score (nSPS) is 12.4. The largest absolute Gasteiger partial charge is 0.306 e. The van der Waals surface area contributed by atoms with Crippen molar-refractivity contribution >= 4 is 27.5 Å². The Kier molecular flexibility index (Phi) is 5.19. The molecule has 2 aromatic carbocycles. The molecule has 2 aromatic rings. The Morgan fingerprint density at radius 3 is 2.65 bits per heavy atom. The Morgan fingerprint density at radius 1 is 1.20 bits per heavy atom. The smallest absolute Gasteiger partial charge is 0.123 e. The molecule has 0 fully saturated rings. The molecule has 0 radical (unpaired) electrons. The van der Waals surface area contributed by atoms with Crippen LogP contribution in [0.2, 0.25) is 5.02 Å². The number of nitrogens with one attached hydrogen (secondary N) is 1. The predicted octanol–water partition coefficient (Wildman–Crippen LogP) is 5.25. The fraction of sp³-hybridized carbons (Fsp3) is 0.250. The van der Waals surface area contributed by atoms with E-state index in [9.17, 15) is 4.39 Å². The highest BCUT2D eigenvalue weighted by atomic mass is 79.9. The second kappa shape index (κ2) is 6.70. The summed E-state index contributed by atoms with van der Waals surface area (Å²) in [4.78, 5) is 0. The molecular weight excluding hydrogens is 341 g/mol. The molecule has 0 aromatic heterocycles. The summed E-state index contributed by atoms with van der Waals surface area (Å²) in [6, 6.07) is 10.4. The van der Waals surface area contributed by atoms with Crippen molar-refractivity contribution in [2.75, 3.05) is 6.54 Å². The second-order valence-corrected chi connectivity index (χ2v) is 5.98. The summed E-state index contributed by atoms with van der Waals surface area (Å²) in [7, 11) is 0. The first kappa shape index (κ1) is 15.5. The van der Waals surface area contributed by atoms with Gasteiger partial charge in [0.05, 0.1) is 6.04 Å². The van der Waals surface area contributed by atoms with Gasteiger partial charge >= 0.3 is 0 Å². The van der Waals surface area contributed by atoms with Crippen LogP contribution in [0.25, 0.3) is 0 Å². The second-order valence-electron chi connectivity index (χ2n) is 4.66. The number of hydrogen-bond acceptors (Lipinski definition) is 1. The minimum Gasteiger partial charge on any atom is -0.306 e.